The van der Waals surface area contributed by atoms with Gasteiger partial charge < -0.3 is 33.9 Å². The van der Waals surface area contributed by atoms with E-state index in [1.165, 1.54) is 30.9 Å². The van der Waals surface area contributed by atoms with Crippen LogP contribution < -0.4 is 29.0 Å². The molecule has 230 valence electrons. The Hall–Kier alpha value is -5.85. The summed E-state index contributed by atoms with van der Waals surface area (Å²) in [6.45, 7) is -0.0423. The summed E-state index contributed by atoms with van der Waals surface area (Å²) in [6.07, 6.45) is 3.29. The summed E-state index contributed by atoms with van der Waals surface area (Å²) < 4.78 is 29.2. The van der Waals surface area contributed by atoms with Gasteiger partial charge in [0.2, 0.25) is 18.4 Å². The minimum absolute atomic E-state index is 0.0508. The zero-order valence-electron chi connectivity index (χ0n) is 24.8. The van der Waals surface area contributed by atoms with Gasteiger partial charge in [-0.05, 0) is 53.6 Å². The molecule has 6 rings (SSSR count). The number of methoxy groups -OCH3 is 3. The van der Waals surface area contributed by atoms with Gasteiger partial charge in [-0.2, -0.15) is 0 Å². The summed E-state index contributed by atoms with van der Waals surface area (Å²) >= 11 is 0. The first kappa shape index (κ1) is 29.2. The van der Waals surface area contributed by atoms with Gasteiger partial charge in [-0.1, -0.05) is 23.4 Å². The fourth-order valence-electron chi connectivity index (χ4n) is 5.18. The van der Waals surface area contributed by atoms with E-state index in [1.54, 1.807) is 48.8 Å². The maximum absolute atomic E-state index is 14.4. The molecule has 2 aromatic heterocycles. The Morgan fingerprint density at radius 3 is 2.47 bits per heavy atom. The van der Waals surface area contributed by atoms with Crippen molar-refractivity contribution in [1.29, 1.82) is 0 Å². The third-order valence-electron chi connectivity index (χ3n) is 7.30. The molecule has 0 bridgehead atoms. The predicted molar refractivity (Wildman–Crippen MR) is 162 cm³/mol. The van der Waals surface area contributed by atoms with E-state index in [4.69, 9.17) is 23.7 Å². The average Bonchev–Trinajstić information content (AvgIpc) is 3.71. The highest BCUT2D eigenvalue weighted by Crippen LogP contribution is 2.42. The lowest BCUT2D eigenvalue weighted by Crippen LogP contribution is -2.42. The number of pyridine rings is 1. The molecule has 0 unspecified atom stereocenters. The lowest BCUT2D eigenvalue weighted by molar-refractivity contribution is -0.140. The highest BCUT2D eigenvalue weighted by atomic mass is 16.7. The van der Waals surface area contributed by atoms with Gasteiger partial charge in [-0.25, -0.2) is 4.68 Å². The number of para-hydroxylation sites is 1. The molecule has 3 heterocycles. The second kappa shape index (κ2) is 12.8. The minimum atomic E-state index is -1.17. The number of hydrogen-bond donors (Lipinski definition) is 1. The highest BCUT2D eigenvalue weighted by molar-refractivity contribution is 5.98. The summed E-state index contributed by atoms with van der Waals surface area (Å²) in [5, 5.41) is 11.3. The van der Waals surface area contributed by atoms with Gasteiger partial charge >= 0.3 is 0 Å². The maximum Gasteiger partial charge on any atom is 0.251 e. The van der Waals surface area contributed by atoms with Gasteiger partial charge in [-0.15, -0.1) is 5.10 Å². The van der Waals surface area contributed by atoms with Gasteiger partial charge in [0.25, 0.3) is 5.91 Å². The van der Waals surface area contributed by atoms with E-state index >= 15 is 0 Å². The molecule has 0 saturated carbocycles. The van der Waals surface area contributed by atoms with E-state index in [2.05, 4.69) is 20.6 Å². The van der Waals surface area contributed by atoms with E-state index in [0.717, 1.165) is 0 Å². The average molecular weight is 611 g/mol. The van der Waals surface area contributed by atoms with Crippen LogP contribution in [-0.2, 0) is 22.7 Å². The summed E-state index contributed by atoms with van der Waals surface area (Å²) in [6, 6.07) is 18.1. The molecule has 1 aliphatic rings. The first-order chi connectivity index (χ1) is 22.0. The number of nitrogens with zero attached hydrogens (tertiary/aromatic N) is 5. The van der Waals surface area contributed by atoms with Crippen molar-refractivity contribution in [2.45, 2.75) is 19.1 Å². The molecule has 13 heteroatoms. The van der Waals surface area contributed by atoms with Crippen molar-refractivity contribution in [3.05, 3.63) is 90.3 Å². The van der Waals surface area contributed by atoms with E-state index in [9.17, 15) is 9.59 Å². The number of fused-ring (bicyclic) bond motifs is 2. The summed E-state index contributed by atoms with van der Waals surface area (Å²) in [5.41, 5.74) is 2.91. The number of hydrogen-bond acceptors (Lipinski definition) is 10. The highest BCUT2D eigenvalue weighted by Gasteiger charge is 2.34. The summed E-state index contributed by atoms with van der Waals surface area (Å²) in [7, 11) is 4.46. The fraction of sp³-hybridized carbons (Fsp3) is 0.219. The molecule has 0 saturated heterocycles. The number of benzene rings is 3. The molecule has 13 nitrogen and oxygen atoms in total. The second-order valence-electron chi connectivity index (χ2n) is 10.0. The van der Waals surface area contributed by atoms with Crippen LogP contribution in [0.15, 0.2) is 79.1 Å². The molecule has 3 aromatic carbocycles. The van der Waals surface area contributed by atoms with Crippen molar-refractivity contribution >= 4 is 28.5 Å². The van der Waals surface area contributed by atoms with Crippen LogP contribution in [-0.4, -0.2) is 64.8 Å². The van der Waals surface area contributed by atoms with Crippen LogP contribution in [0.25, 0.3) is 11.0 Å². The van der Waals surface area contributed by atoms with E-state index in [-0.39, 0.29) is 19.9 Å². The number of carbonyl (C=O) groups excluding carboxylic acids is 2. The Kier molecular flexibility index (Phi) is 8.31. The van der Waals surface area contributed by atoms with Crippen molar-refractivity contribution in [2.75, 3.05) is 33.4 Å². The number of rotatable bonds is 11. The molecular weight excluding hydrogens is 580 g/mol. The molecule has 5 aromatic rings. The number of anilines is 1. The van der Waals surface area contributed by atoms with Crippen LogP contribution in [0.3, 0.4) is 0 Å². The molecule has 1 N–H and O–H groups in total. The Morgan fingerprint density at radius 2 is 1.73 bits per heavy atom. The van der Waals surface area contributed by atoms with Gasteiger partial charge in [-0.3, -0.25) is 14.6 Å². The minimum Gasteiger partial charge on any atom is -0.493 e. The monoisotopic (exact) mass is 610 g/mol. The van der Waals surface area contributed by atoms with Gasteiger partial charge in [0, 0.05) is 30.7 Å². The Morgan fingerprint density at radius 1 is 0.956 bits per heavy atom. The van der Waals surface area contributed by atoms with Crippen molar-refractivity contribution in [2.24, 2.45) is 0 Å². The quantitative estimate of drug-likeness (QED) is 0.234. The number of ether oxygens (including phenoxy) is 5. The zero-order valence-corrected chi connectivity index (χ0v) is 24.8. The molecule has 1 aliphatic heterocycles. The Labute approximate surface area is 258 Å². The number of carbonyl (C=O) groups is 2. The molecule has 0 spiro atoms. The van der Waals surface area contributed by atoms with E-state index in [1.807, 2.05) is 30.3 Å². The van der Waals surface area contributed by atoms with Gasteiger partial charge in [0.05, 0.1) is 26.8 Å². The second-order valence-corrected chi connectivity index (χ2v) is 10.0. The van der Waals surface area contributed by atoms with Crippen LogP contribution in [0.5, 0.6) is 28.7 Å². The number of amides is 2. The molecule has 2 amide bonds. The largest absolute Gasteiger partial charge is 0.493 e. The van der Waals surface area contributed by atoms with Crippen molar-refractivity contribution in [3.8, 4) is 28.7 Å². The Balaban J connectivity index is 1.45. The molecule has 0 radical (unpaired) electrons. The number of aromatic nitrogens is 4. The first-order valence-electron chi connectivity index (χ1n) is 14.0. The molecule has 1 atom stereocenters. The third kappa shape index (κ3) is 6.00. The predicted octanol–water partition coefficient (Wildman–Crippen LogP) is 3.99. The lowest BCUT2D eigenvalue weighted by Gasteiger charge is -2.32. The SMILES string of the molecule is COc1cc([C@@H](C(=O)Nc2ccc3c(c2)OCO3)N(Cc2cccnc2)C(=O)Cn2nnc3ccccc32)cc(OC)c1OC. The third-order valence-corrected chi connectivity index (χ3v) is 7.30. The van der Waals surface area contributed by atoms with Crippen molar-refractivity contribution in [1.82, 2.24) is 24.9 Å². The zero-order chi connectivity index (χ0) is 31.3. The standard InChI is InChI=1S/C32H30N6O7/c1-41-27-13-21(14-28(42-2)31(27)43-3)30(32(40)34-22-10-11-25-26(15-22)45-19-44-25)37(17-20-7-6-12-33-16-20)29(39)18-38-24-9-5-4-8-23(24)35-36-38/h4-16,30H,17-19H2,1-3H3,(H,34,40)/t30-/m0/s1. The summed E-state index contributed by atoms with van der Waals surface area (Å²) in [4.78, 5) is 34.4. The lowest BCUT2D eigenvalue weighted by atomic mass is 10.0. The van der Waals surface area contributed by atoms with Crippen molar-refractivity contribution < 1.29 is 33.3 Å². The first-order valence-corrected chi connectivity index (χ1v) is 14.0. The van der Waals surface area contributed by atoms with Crippen LogP contribution >= 0.6 is 0 Å². The molecule has 45 heavy (non-hydrogen) atoms. The van der Waals surface area contributed by atoms with E-state index in [0.29, 0.717) is 56.6 Å². The van der Waals surface area contributed by atoms with E-state index < -0.39 is 17.9 Å². The van der Waals surface area contributed by atoms with Gasteiger partial charge in [0.1, 0.15) is 18.1 Å². The smallest absolute Gasteiger partial charge is 0.251 e. The van der Waals surface area contributed by atoms with Crippen LogP contribution in [0.1, 0.15) is 17.2 Å². The fourth-order valence-corrected chi connectivity index (χ4v) is 5.18. The molecular formula is C32H30N6O7. The van der Waals surface area contributed by atoms with Crippen LogP contribution in [0, 0.1) is 0 Å². The summed E-state index contributed by atoms with van der Waals surface area (Å²) in [5.74, 6) is 1.17. The number of nitrogens with one attached hydrogen (secondary N) is 1. The normalized spacial score (nSPS) is 12.4. The topological polar surface area (TPSA) is 139 Å². The van der Waals surface area contributed by atoms with Crippen molar-refractivity contribution in [3.63, 3.8) is 0 Å². The van der Waals surface area contributed by atoms with Gasteiger partial charge in [0.15, 0.2) is 23.0 Å². The molecule has 0 fully saturated rings. The Bertz CT molecular complexity index is 1820. The van der Waals surface area contributed by atoms with Crippen LogP contribution in [0.2, 0.25) is 0 Å². The molecule has 0 aliphatic carbocycles. The maximum atomic E-state index is 14.4. The van der Waals surface area contributed by atoms with Crippen LogP contribution in [0.4, 0.5) is 5.69 Å².